The van der Waals surface area contributed by atoms with Crippen molar-refractivity contribution in [3.63, 3.8) is 0 Å². The summed E-state index contributed by atoms with van der Waals surface area (Å²) in [6, 6.07) is 0. The van der Waals surface area contributed by atoms with Crippen LogP contribution in [-0.2, 0) is 9.47 Å². The summed E-state index contributed by atoms with van der Waals surface area (Å²) < 4.78 is 10.6. The lowest BCUT2D eigenvalue weighted by molar-refractivity contribution is 0.0472. The molecule has 0 heterocycles. The second-order valence-corrected chi connectivity index (χ2v) is 3.24. The number of hydrogen-bond donors (Lipinski definition) is 0. The summed E-state index contributed by atoms with van der Waals surface area (Å²) in [6.07, 6.45) is 1.74. The normalized spacial score (nSPS) is 9.25. The third-order valence-corrected chi connectivity index (χ3v) is 1.88. The molecule has 16 heavy (non-hydrogen) atoms. The van der Waals surface area contributed by atoms with Crippen LogP contribution in [0.5, 0.6) is 0 Å². The van der Waals surface area contributed by atoms with E-state index >= 15 is 0 Å². The van der Waals surface area contributed by atoms with Gasteiger partial charge in [0.05, 0.1) is 36.6 Å². The first-order valence-corrected chi connectivity index (χ1v) is 5.96. The van der Waals surface area contributed by atoms with Gasteiger partial charge in [0.1, 0.15) is 0 Å². The Labute approximate surface area is 107 Å². The summed E-state index contributed by atoms with van der Waals surface area (Å²) >= 11 is 8.87. The lowest BCUT2D eigenvalue weighted by atomic mass is 10.4. The van der Waals surface area contributed by atoms with Crippen molar-refractivity contribution in [2.24, 2.45) is 9.98 Å². The van der Waals surface area contributed by atoms with E-state index in [4.69, 9.17) is 9.47 Å². The van der Waals surface area contributed by atoms with Gasteiger partial charge in [-0.2, -0.15) is 0 Å². The summed E-state index contributed by atoms with van der Waals surface area (Å²) in [5, 5.41) is 4.62. The second-order valence-electron chi connectivity index (χ2n) is 2.88. The zero-order valence-corrected chi connectivity index (χ0v) is 10.8. The van der Waals surface area contributed by atoms with E-state index < -0.39 is 0 Å². The van der Waals surface area contributed by atoms with Gasteiger partial charge in [-0.05, 0) is 37.3 Å². The van der Waals surface area contributed by atoms with Crippen molar-refractivity contribution in [3.05, 3.63) is 0 Å². The largest absolute Gasteiger partial charge is 0.379 e. The Morgan fingerprint density at radius 1 is 0.750 bits per heavy atom. The fourth-order valence-corrected chi connectivity index (χ4v) is 1.09. The van der Waals surface area contributed by atoms with Crippen LogP contribution < -0.4 is 0 Å². The van der Waals surface area contributed by atoms with Crippen LogP contribution in [0.4, 0.5) is 0 Å². The van der Waals surface area contributed by atoms with Crippen LogP contribution in [0.15, 0.2) is 9.98 Å². The molecule has 0 aliphatic rings. The molecule has 0 aromatic carbocycles. The molecular weight excluding hydrogens is 244 g/mol. The molecular formula is C10H16N2O2S2. The Bertz CT molecular complexity index is 223. The molecule has 0 atom stereocenters. The molecule has 0 radical (unpaired) electrons. The highest BCUT2D eigenvalue weighted by Crippen LogP contribution is 1.87. The molecule has 6 heteroatoms. The van der Waals surface area contributed by atoms with Gasteiger partial charge in [-0.1, -0.05) is 0 Å². The van der Waals surface area contributed by atoms with Crippen molar-refractivity contribution < 1.29 is 9.47 Å². The maximum absolute atomic E-state index is 5.31. The van der Waals surface area contributed by atoms with Crippen molar-refractivity contribution in [2.45, 2.75) is 12.8 Å². The van der Waals surface area contributed by atoms with E-state index in [2.05, 4.69) is 44.7 Å². The molecule has 0 saturated heterocycles. The maximum Gasteiger partial charge on any atom is 0.0700 e. The number of rotatable bonds is 11. The fraction of sp³-hybridized carbons (Fsp3) is 0.800. The lowest BCUT2D eigenvalue weighted by Crippen LogP contribution is -2.07. The first-order valence-electron chi connectivity index (χ1n) is 5.14. The van der Waals surface area contributed by atoms with E-state index in [9.17, 15) is 0 Å². The Morgan fingerprint density at radius 3 is 1.56 bits per heavy atom. The summed E-state index contributed by atoms with van der Waals surface area (Å²) in [5.41, 5.74) is 0. The number of aliphatic imine (C=N–C) groups is 2. The van der Waals surface area contributed by atoms with Crippen LogP contribution >= 0.6 is 24.4 Å². The highest BCUT2D eigenvalue weighted by molar-refractivity contribution is 7.78. The van der Waals surface area contributed by atoms with Gasteiger partial charge in [-0.3, -0.25) is 0 Å². The number of nitrogens with zero attached hydrogens (tertiary/aromatic N) is 2. The first-order chi connectivity index (χ1) is 7.91. The Morgan fingerprint density at radius 2 is 1.19 bits per heavy atom. The topological polar surface area (TPSA) is 43.2 Å². The Balaban J connectivity index is 2.98. The van der Waals surface area contributed by atoms with Crippen molar-refractivity contribution in [1.82, 2.24) is 0 Å². The second kappa shape index (κ2) is 14.5. The predicted octanol–water partition coefficient (Wildman–Crippen LogP) is 2.01. The van der Waals surface area contributed by atoms with E-state index in [0.29, 0.717) is 39.5 Å². The van der Waals surface area contributed by atoms with E-state index in [-0.39, 0.29) is 0 Å². The number of hydrogen-bond acceptors (Lipinski definition) is 6. The van der Waals surface area contributed by atoms with Crippen molar-refractivity contribution in [3.8, 4) is 0 Å². The SMILES string of the molecule is S=C=NCCCOCCOCCCN=C=S. The fourth-order valence-electron chi connectivity index (χ4n) is 0.905. The summed E-state index contributed by atoms with van der Waals surface area (Å²) in [7, 11) is 0. The van der Waals surface area contributed by atoms with Gasteiger partial charge >= 0.3 is 0 Å². The number of thiocarbonyl (C=S) groups is 2. The van der Waals surface area contributed by atoms with E-state index in [1.807, 2.05) is 0 Å². The van der Waals surface area contributed by atoms with E-state index in [1.165, 1.54) is 0 Å². The van der Waals surface area contributed by atoms with Gasteiger partial charge in [-0.25, -0.2) is 9.98 Å². The standard InChI is InChI=1S/C10H16N2O2S2/c15-9-11-3-1-5-13-7-8-14-6-2-4-12-10-16/h1-8H2. The minimum Gasteiger partial charge on any atom is -0.379 e. The van der Waals surface area contributed by atoms with Crippen LogP contribution in [-0.4, -0.2) is 49.8 Å². The molecule has 0 aliphatic heterocycles. The molecule has 0 bridgehead atoms. The third kappa shape index (κ3) is 13.5. The maximum atomic E-state index is 5.31. The van der Waals surface area contributed by atoms with Crippen molar-refractivity contribution in [2.75, 3.05) is 39.5 Å². The molecule has 4 nitrogen and oxygen atoms in total. The van der Waals surface area contributed by atoms with Crippen LogP contribution in [0.3, 0.4) is 0 Å². The van der Waals surface area contributed by atoms with E-state index in [1.54, 1.807) is 0 Å². The molecule has 0 unspecified atom stereocenters. The van der Waals surface area contributed by atoms with E-state index in [0.717, 1.165) is 12.8 Å². The highest BCUT2D eigenvalue weighted by Gasteiger charge is 1.90. The smallest absolute Gasteiger partial charge is 0.0700 e. The minimum absolute atomic E-state index is 0.609. The first kappa shape index (κ1) is 15.5. The molecule has 0 amide bonds. The van der Waals surface area contributed by atoms with Crippen LogP contribution in [0.2, 0.25) is 0 Å². The zero-order chi connectivity index (χ0) is 11.9. The van der Waals surface area contributed by atoms with Crippen LogP contribution in [0.25, 0.3) is 0 Å². The quantitative estimate of drug-likeness (QED) is 0.324. The lowest BCUT2D eigenvalue weighted by Gasteiger charge is -2.03. The van der Waals surface area contributed by atoms with Gasteiger partial charge in [0.25, 0.3) is 0 Å². The molecule has 90 valence electrons. The van der Waals surface area contributed by atoms with Gasteiger partial charge < -0.3 is 9.47 Å². The monoisotopic (exact) mass is 260 g/mol. The summed E-state index contributed by atoms with van der Waals surface area (Å²) in [5.74, 6) is 0. The molecule has 0 rings (SSSR count). The summed E-state index contributed by atoms with van der Waals surface area (Å²) in [4.78, 5) is 7.55. The number of isothiocyanates is 2. The van der Waals surface area contributed by atoms with Crippen LogP contribution in [0, 0.1) is 0 Å². The van der Waals surface area contributed by atoms with Gasteiger partial charge in [-0.15, -0.1) is 0 Å². The Hall–Kier alpha value is -0.480. The highest BCUT2D eigenvalue weighted by atomic mass is 32.1. The minimum atomic E-state index is 0.609. The van der Waals surface area contributed by atoms with Gasteiger partial charge in [0, 0.05) is 13.2 Å². The average Bonchev–Trinajstić information content (AvgIpc) is 2.31. The van der Waals surface area contributed by atoms with Crippen molar-refractivity contribution >= 4 is 34.8 Å². The molecule has 0 fully saturated rings. The predicted molar refractivity (Wildman–Crippen MR) is 70.7 cm³/mol. The summed E-state index contributed by atoms with van der Waals surface area (Å²) in [6.45, 7) is 3.94. The molecule has 0 aromatic rings. The molecule has 0 aliphatic carbocycles. The third-order valence-electron chi connectivity index (χ3n) is 1.62. The zero-order valence-electron chi connectivity index (χ0n) is 9.18. The van der Waals surface area contributed by atoms with Gasteiger partial charge in [0.2, 0.25) is 0 Å². The number of ether oxygens (including phenoxy) is 2. The molecule has 0 aromatic heterocycles. The molecule has 0 spiro atoms. The molecule has 0 N–H and O–H groups in total. The Kier molecular flexibility index (Phi) is 14.1. The van der Waals surface area contributed by atoms with Gasteiger partial charge in [0.15, 0.2) is 0 Å². The van der Waals surface area contributed by atoms with Crippen molar-refractivity contribution in [1.29, 1.82) is 0 Å². The molecule has 0 saturated carbocycles. The average molecular weight is 260 g/mol. The van der Waals surface area contributed by atoms with Crippen LogP contribution in [0.1, 0.15) is 12.8 Å².